The minimum Gasteiger partial charge on any atom is -0.455 e. The van der Waals surface area contributed by atoms with Gasteiger partial charge in [-0.3, -0.25) is 4.79 Å². The SMILES string of the molecule is Nc1ccc(Oc2ccnc3[nH]c(=O)cnc23)cc1Cl. The molecule has 0 aliphatic carbocycles. The van der Waals surface area contributed by atoms with Crippen LogP contribution in [0.3, 0.4) is 0 Å². The molecular formula is C13H9ClN4O2. The normalized spacial score (nSPS) is 10.7. The average molecular weight is 289 g/mol. The molecule has 0 bridgehead atoms. The highest BCUT2D eigenvalue weighted by molar-refractivity contribution is 6.33. The van der Waals surface area contributed by atoms with Gasteiger partial charge in [0.15, 0.2) is 11.4 Å². The van der Waals surface area contributed by atoms with Crippen LogP contribution in [0.25, 0.3) is 11.2 Å². The van der Waals surface area contributed by atoms with Crippen molar-refractivity contribution < 1.29 is 4.74 Å². The zero-order valence-corrected chi connectivity index (χ0v) is 10.9. The molecule has 3 rings (SSSR count). The second-order valence-electron chi connectivity index (χ2n) is 4.04. The zero-order chi connectivity index (χ0) is 14.1. The van der Waals surface area contributed by atoms with Gasteiger partial charge in [-0.15, -0.1) is 0 Å². The number of rotatable bonds is 2. The minimum atomic E-state index is -0.322. The van der Waals surface area contributed by atoms with E-state index in [0.717, 1.165) is 0 Å². The highest BCUT2D eigenvalue weighted by Crippen LogP contribution is 2.30. The molecule has 20 heavy (non-hydrogen) atoms. The number of nitrogens with one attached hydrogen (secondary N) is 1. The molecule has 0 aliphatic heterocycles. The monoisotopic (exact) mass is 288 g/mol. The highest BCUT2D eigenvalue weighted by atomic mass is 35.5. The molecule has 0 saturated heterocycles. The quantitative estimate of drug-likeness (QED) is 0.706. The maximum atomic E-state index is 11.2. The summed E-state index contributed by atoms with van der Waals surface area (Å²) in [5.74, 6) is 0.983. The summed E-state index contributed by atoms with van der Waals surface area (Å²) in [6, 6.07) is 6.60. The first-order valence-electron chi connectivity index (χ1n) is 5.70. The Kier molecular flexibility index (Phi) is 3.00. The number of nitrogens with zero attached hydrogens (tertiary/aromatic N) is 2. The Morgan fingerprint density at radius 1 is 1.25 bits per heavy atom. The number of anilines is 1. The van der Waals surface area contributed by atoms with Gasteiger partial charge in [0.2, 0.25) is 0 Å². The molecule has 3 aromatic rings. The lowest BCUT2D eigenvalue weighted by atomic mass is 10.3. The standard InChI is InChI=1S/C13H9ClN4O2/c14-8-5-7(1-2-9(8)15)20-10-3-4-16-13-12(10)17-6-11(19)18-13/h1-6H,15H2,(H,16,18,19). The van der Waals surface area contributed by atoms with Crippen molar-refractivity contribution in [2.75, 3.05) is 5.73 Å². The third-order valence-electron chi connectivity index (χ3n) is 2.64. The number of aromatic amines is 1. The summed E-state index contributed by atoms with van der Waals surface area (Å²) < 4.78 is 5.70. The Hall–Kier alpha value is -2.60. The second-order valence-corrected chi connectivity index (χ2v) is 4.45. The molecule has 1 aromatic carbocycles. The lowest BCUT2D eigenvalue weighted by Crippen LogP contribution is -2.06. The van der Waals surface area contributed by atoms with E-state index in [0.29, 0.717) is 33.4 Å². The number of H-pyrrole nitrogens is 1. The summed E-state index contributed by atoms with van der Waals surface area (Å²) >= 11 is 5.94. The van der Waals surface area contributed by atoms with Crippen LogP contribution in [0.4, 0.5) is 5.69 Å². The van der Waals surface area contributed by atoms with E-state index in [1.54, 1.807) is 24.3 Å². The molecule has 7 heteroatoms. The predicted octanol–water partition coefficient (Wildman–Crippen LogP) is 2.35. The number of halogens is 1. The average Bonchev–Trinajstić information content (AvgIpc) is 2.43. The molecule has 0 saturated carbocycles. The van der Waals surface area contributed by atoms with E-state index < -0.39 is 0 Å². The molecule has 2 aromatic heterocycles. The van der Waals surface area contributed by atoms with Gasteiger partial charge in [-0.05, 0) is 12.1 Å². The topological polar surface area (TPSA) is 93.9 Å². The maximum absolute atomic E-state index is 11.2. The second kappa shape index (κ2) is 4.82. The number of nitrogen functional groups attached to an aromatic ring is 1. The summed E-state index contributed by atoms with van der Waals surface area (Å²) in [4.78, 5) is 21.8. The lowest BCUT2D eigenvalue weighted by molar-refractivity contribution is 0.486. The van der Waals surface area contributed by atoms with Crippen LogP contribution < -0.4 is 16.0 Å². The molecule has 0 amide bonds. The number of hydrogen-bond donors (Lipinski definition) is 2. The zero-order valence-electron chi connectivity index (χ0n) is 10.1. The molecule has 0 unspecified atom stereocenters. The molecule has 3 N–H and O–H groups in total. The number of aromatic nitrogens is 3. The van der Waals surface area contributed by atoms with Gasteiger partial charge in [-0.25, -0.2) is 9.97 Å². The first kappa shape index (κ1) is 12.4. The van der Waals surface area contributed by atoms with Crippen molar-refractivity contribution >= 4 is 28.5 Å². The van der Waals surface area contributed by atoms with Crippen molar-refractivity contribution in [3.05, 3.63) is 52.0 Å². The fraction of sp³-hybridized carbons (Fsp3) is 0. The minimum absolute atomic E-state index is 0.322. The van der Waals surface area contributed by atoms with Crippen molar-refractivity contribution in [2.24, 2.45) is 0 Å². The van der Waals surface area contributed by atoms with E-state index in [4.69, 9.17) is 22.1 Å². The number of fused-ring (bicyclic) bond motifs is 1. The van der Waals surface area contributed by atoms with Gasteiger partial charge in [-0.1, -0.05) is 11.6 Å². The summed E-state index contributed by atoms with van der Waals surface area (Å²) in [6.45, 7) is 0. The number of ether oxygens (including phenoxy) is 1. The summed E-state index contributed by atoms with van der Waals surface area (Å²) in [6.07, 6.45) is 2.70. The van der Waals surface area contributed by atoms with E-state index in [1.807, 2.05) is 0 Å². The Morgan fingerprint density at radius 2 is 2.10 bits per heavy atom. The highest BCUT2D eigenvalue weighted by Gasteiger charge is 2.07. The van der Waals surface area contributed by atoms with Crippen molar-refractivity contribution in [1.82, 2.24) is 15.0 Å². The van der Waals surface area contributed by atoms with Gasteiger partial charge < -0.3 is 15.5 Å². The number of hydrogen-bond acceptors (Lipinski definition) is 5. The smallest absolute Gasteiger partial charge is 0.268 e. The molecule has 0 fully saturated rings. The van der Waals surface area contributed by atoms with Gasteiger partial charge in [-0.2, -0.15) is 0 Å². The molecule has 0 spiro atoms. The fourth-order valence-corrected chi connectivity index (χ4v) is 1.88. The maximum Gasteiger partial charge on any atom is 0.268 e. The van der Waals surface area contributed by atoms with E-state index in [-0.39, 0.29) is 5.56 Å². The molecule has 0 radical (unpaired) electrons. The third-order valence-corrected chi connectivity index (χ3v) is 2.97. The van der Waals surface area contributed by atoms with Crippen LogP contribution in [0.1, 0.15) is 0 Å². The Labute approximate surface area is 118 Å². The van der Waals surface area contributed by atoms with Crippen LogP contribution in [-0.2, 0) is 0 Å². The molecule has 6 nitrogen and oxygen atoms in total. The van der Waals surface area contributed by atoms with Gasteiger partial charge in [0.1, 0.15) is 11.3 Å². The van der Waals surface area contributed by atoms with Crippen molar-refractivity contribution in [3.63, 3.8) is 0 Å². The molecule has 2 heterocycles. The van der Waals surface area contributed by atoms with E-state index in [2.05, 4.69) is 15.0 Å². The predicted molar refractivity (Wildman–Crippen MR) is 76.1 cm³/mol. The van der Waals surface area contributed by atoms with Crippen LogP contribution >= 0.6 is 11.6 Å². The number of benzene rings is 1. The Morgan fingerprint density at radius 3 is 2.90 bits per heavy atom. The number of nitrogens with two attached hydrogens (primary N) is 1. The van der Waals surface area contributed by atoms with Gasteiger partial charge >= 0.3 is 0 Å². The summed E-state index contributed by atoms with van der Waals surface area (Å²) in [5, 5.41) is 0.405. The summed E-state index contributed by atoms with van der Waals surface area (Å²) in [7, 11) is 0. The Balaban J connectivity index is 2.06. The lowest BCUT2D eigenvalue weighted by Gasteiger charge is -2.08. The van der Waals surface area contributed by atoms with Gasteiger partial charge in [0.05, 0.1) is 16.9 Å². The Bertz CT molecular complexity index is 847. The van der Waals surface area contributed by atoms with Crippen molar-refractivity contribution in [3.8, 4) is 11.5 Å². The van der Waals surface area contributed by atoms with Crippen LogP contribution in [0, 0.1) is 0 Å². The first-order chi connectivity index (χ1) is 9.63. The largest absolute Gasteiger partial charge is 0.455 e. The van der Waals surface area contributed by atoms with Gasteiger partial charge in [0, 0.05) is 18.3 Å². The number of pyridine rings is 1. The van der Waals surface area contributed by atoms with Crippen LogP contribution in [0.5, 0.6) is 11.5 Å². The van der Waals surface area contributed by atoms with Gasteiger partial charge in [0.25, 0.3) is 5.56 Å². The van der Waals surface area contributed by atoms with Crippen LogP contribution in [0.15, 0.2) is 41.5 Å². The van der Waals surface area contributed by atoms with Crippen LogP contribution in [-0.4, -0.2) is 15.0 Å². The van der Waals surface area contributed by atoms with Crippen molar-refractivity contribution in [1.29, 1.82) is 0 Å². The summed E-state index contributed by atoms with van der Waals surface area (Å²) in [5.41, 5.74) is 6.61. The van der Waals surface area contributed by atoms with Crippen molar-refractivity contribution in [2.45, 2.75) is 0 Å². The fourth-order valence-electron chi connectivity index (χ4n) is 1.71. The molecule has 100 valence electrons. The molecule has 0 atom stereocenters. The van der Waals surface area contributed by atoms with E-state index >= 15 is 0 Å². The third kappa shape index (κ3) is 2.28. The molecular weight excluding hydrogens is 280 g/mol. The molecule has 0 aliphatic rings. The first-order valence-corrected chi connectivity index (χ1v) is 6.08. The van der Waals surface area contributed by atoms with E-state index in [9.17, 15) is 4.79 Å². The van der Waals surface area contributed by atoms with Crippen LogP contribution in [0.2, 0.25) is 5.02 Å². The van der Waals surface area contributed by atoms with E-state index in [1.165, 1.54) is 12.4 Å².